The van der Waals surface area contributed by atoms with Gasteiger partial charge < -0.3 is 14.4 Å². The number of ether oxygens (including phenoxy) is 2. The van der Waals surface area contributed by atoms with E-state index in [1.807, 2.05) is 54.6 Å². The van der Waals surface area contributed by atoms with Crippen LogP contribution < -0.4 is 4.74 Å². The number of hydrogen-bond acceptors (Lipinski definition) is 4. The Morgan fingerprint density at radius 3 is 2.23 bits per heavy atom. The van der Waals surface area contributed by atoms with Crippen molar-refractivity contribution in [1.29, 1.82) is 0 Å². The average molecular weight is 355 g/mol. The molecule has 0 aliphatic rings. The van der Waals surface area contributed by atoms with E-state index in [0.717, 1.165) is 36.5 Å². The SMILES string of the molecule is CCN(CC)CCOC(=O)C(Cc1ccc(OC)cc1)c1ccccc1. The highest BCUT2D eigenvalue weighted by atomic mass is 16.5. The lowest BCUT2D eigenvalue weighted by Crippen LogP contribution is -2.29. The molecule has 0 saturated carbocycles. The van der Waals surface area contributed by atoms with E-state index in [-0.39, 0.29) is 11.9 Å². The van der Waals surface area contributed by atoms with Crippen LogP contribution in [0.25, 0.3) is 0 Å². The Morgan fingerprint density at radius 2 is 1.65 bits per heavy atom. The topological polar surface area (TPSA) is 38.8 Å². The van der Waals surface area contributed by atoms with Crippen LogP contribution in [0.15, 0.2) is 54.6 Å². The Hall–Kier alpha value is -2.33. The van der Waals surface area contributed by atoms with Crippen LogP contribution in [0.1, 0.15) is 30.9 Å². The fourth-order valence-electron chi connectivity index (χ4n) is 2.94. The van der Waals surface area contributed by atoms with Crippen molar-refractivity contribution in [1.82, 2.24) is 4.90 Å². The molecule has 1 atom stereocenters. The van der Waals surface area contributed by atoms with Gasteiger partial charge in [-0.05, 0) is 42.8 Å². The number of likely N-dealkylation sites (N-methyl/N-ethyl adjacent to an activating group) is 1. The van der Waals surface area contributed by atoms with E-state index in [1.54, 1.807) is 7.11 Å². The summed E-state index contributed by atoms with van der Waals surface area (Å²) in [4.78, 5) is 15.0. The monoisotopic (exact) mass is 355 g/mol. The summed E-state index contributed by atoms with van der Waals surface area (Å²) in [6.07, 6.45) is 0.609. The third-order valence-electron chi connectivity index (χ3n) is 4.63. The molecule has 0 aliphatic carbocycles. The van der Waals surface area contributed by atoms with Crippen LogP contribution in [-0.4, -0.2) is 44.2 Å². The van der Waals surface area contributed by atoms with Gasteiger partial charge in [0, 0.05) is 6.54 Å². The molecule has 140 valence electrons. The second-order valence-electron chi connectivity index (χ2n) is 6.21. The molecule has 26 heavy (non-hydrogen) atoms. The van der Waals surface area contributed by atoms with Crippen LogP contribution in [0.3, 0.4) is 0 Å². The van der Waals surface area contributed by atoms with Crippen LogP contribution in [0, 0.1) is 0 Å². The number of esters is 1. The smallest absolute Gasteiger partial charge is 0.313 e. The molecule has 2 aromatic carbocycles. The second kappa shape index (κ2) is 10.6. The number of carbonyl (C=O) groups is 1. The van der Waals surface area contributed by atoms with Crippen LogP contribution in [0.2, 0.25) is 0 Å². The second-order valence-corrected chi connectivity index (χ2v) is 6.21. The molecule has 0 aromatic heterocycles. The van der Waals surface area contributed by atoms with Crippen molar-refractivity contribution >= 4 is 5.97 Å². The van der Waals surface area contributed by atoms with E-state index in [0.29, 0.717) is 13.0 Å². The third kappa shape index (κ3) is 5.88. The van der Waals surface area contributed by atoms with Gasteiger partial charge in [-0.25, -0.2) is 0 Å². The molecule has 0 spiro atoms. The number of nitrogens with zero attached hydrogens (tertiary/aromatic N) is 1. The summed E-state index contributed by atoms with van der Waals surface area (Å²) in [6, 6.07) is 17.7. The lowest BCUT2D eigenvalue weighted by Gasteiger charge is -2.20. The van der Waals surface area contributed by atoms with Crippen molar-refractivity contribution in [3.63, 3.8) is 0 Å². The minimum Gasteiger partial charge on any atom is -0.497 e. The molecule has 1 unspecified atom stereocenters. The van der Waals surface area contributed by atoms with E-state index >= 15 is 0 Å². The largest absolute Gasteiger partial charge is 0.497 e. The van der Waals surface area contributed by atoms with Crippen LogP contribution in [0.4, 0.5) is 0 Å². The first kappa shape index (κ1) is 20.0. The van der Waals surface area contributed by atoms with Crippen LogP contribution in [0.5, 0.6) is 5.75 Å². The zero-order chi connectivity index (χ0) is 18.8. The van der Waals surface area contributed by atoms with E-state index < -0.39 is 0 Å². The van der Waals surface area contributed by atoms with E-state index in [9.17, 15) is 4.79 Å². The van der Waals surface area contributed by atoms with Crippen molar-refractivity contribution in [2.45, 2.75) is 26.2 Å². The molecule has 0 aliphatic heterocycles. The molecular formula is C22H29NO3. The Morgan fingerprint density at radius 1 is 1.00 bits per heavy atom. The maximum absolute atomic E-state index is 12.8. The molecule has 0 N–H and O–H groups in total. The molecule has 0 bridgehead atoms. The number of hydrogen-bond donors (Lipinski definition) is 0. The average Bonchev–Trinajstić information content (AvgIpc) is 2.70. The predicted octanol–water partition coefficient (Wildman–Crippen LogP) is 3.91. The first-order valence-electron chi connectivity index (χ1n) is 9.24. The normalized spacial score (nSPS) is 12.0. The van der Waals surface area contributed by atoms with Gasteiger partial charge in [-0.3, -0.25) is 4.79 Å². The zero-order valence-electron chi connectivity index (χ0n) is 16.0. The van der Waals surface area contributed by atoms with Gasteiger partial charge in [0.1, 0.15) is 12.4 Å². The summed E-state index contributed by atoms with van der Waals surface area (Å²) < 4.78 is 10.8. The summed E-state index contributed by atoms with van der Waals surface area (Å²) in [5, 5.41) is 0. The minimum absolute atomic E-state index is 0.167. The Bertz CT molecular complexity index is 651. The first-order valence-corrected chi connectivity index (χ1v) is 9.24. The predicted molar refractivity (Wildman–Crippen MR) is 105 cm³/mol. The molecular weight excluding hydrogens is 326 g/mol. The number of carbonyl (C=O) groups excluding carboxylic acids is 1. The van der Waals surface area contributed by atoms with Gasteiger partial charge in [-0.2, -0.15) is 0 Å². The molecule has 0 amide bonds. The van der Waals surface area contributed by atoms with Gasteiger partial charge >= 0.3 is 5.97 Å². The molecule has 2 aromatic rings. The molecule has 4 nitrogen and oxygen atoms in total. The summed E-state index contributed by atoms with van der Waals surface area (Å²) in [5.74, 6) is 0.340. The standard InChI is InChI=1S/C22H29NO3/c1-4-23(5-2)15-16-26-22(24)21(19-9-7-6-8-10-19)17-18-11-13-20(25-3)14-12-18/h6-14,21H,4-5,15-17H2,1-3H3. The highest BCUT2D eigenvalue weighted by Crippen LogP contribution is 2.24. The number of methoxy groups -OCH3 is 1. The van der Waals surface area contributed by atoms with Gasteiger partial charge in [0.2, 0.25) is 0 Å². The van der Waals surface area contributed by atoms with E-state index in [2.05, 4.69) is 18.7 Å². The van der Waals surface area contributed by atoms with Gasteiger partial charge in [-0.1, -0.05) is 56.3 Å². The maximum atomic E-state index is 12.8. The molecule has 0 radical (unpaired) electrons. The molecule has 0 heterocycles. The van der Waals surface area contributed by atoms with E-state index in [4.69, 9.17) is 9.47 Å². The molecule has 4 heteroatoms. The number of benzene rings is 2. The fourth-order valence-corrected chi connectivity index (χ4v) is 2.94. The third-order valence-corrected chi connectivity index (χ3v) is 4.63. The van der Waals surface area contributed by atoms with Gasteiger partial charge in [0.15, 0.2) is 0 Å². The summed E-state index contributed by atoms with van der Waals surface area (Å²) in [5.41, 5.74) is 2.07. The molecule has 0 saturated heterocycles. The van der Waals surface area contributed by atoms with Gasteiger partial charge in [-0.15, -0.1) is 0 Å². The van der Waals surface area contributed by atoms with Gasteiger partial charge in [0.05, 0.1) is 13.0 Å². The molecule has 0 fully saturated rings. The van der Waals surface area contributed by atoms with Crippen molar-refractivity contribution in [3.8, 4) is 5.75 Å². The lowest BCUT2D eigenvalue weighted by molar-refractivity contribution is -0.145. The molecule has 2 rings (SSSR count). The fraction of sp³-hybridized carbons (Fsp3) is 0.409. The highest BCUT2D eigenvalue weighted by Gasteiger charge is 2.22. The Labute approximate surface area is 156 Å². The van der Waals surface area contributed by atoms with Gasteiger partial charge in [0.25, 0.3) is 0 Å². The summed E-state index contributed by atoms with van der Waals surface area (Å²) in [7, 11) is 1.65. The Balaban J connectivity index is 2.07. The van der Waals surface area contributed by atoms with E-state index in [1.165, 1.54) is 0 Å². The maximum Gasteiger partial charge on any atom is 0.313 e. The van der Waals surface area contributed by atoms with Crippen molar-refractivity contribution < 1.29 is 14.3 Å². The van der Waals surface area contributed by atoms with Crippen molar-refractivity contribution in [2.75, 3.05) is 33.4 Å². The minimum atomic E-state index is -0.304. The van der Waals surface area contributed by atoms with Crippen LogP contribution in [-0.2, 0) is 16.0 Å². The summed E-state index contributed by atoms with van der Waals surface area (Å²) >= 11 is 0. The summed E-state index contributed by atoms with van der Waals surface area (Å²) in [6.45, 7) is 7.34. The zero-order valence-corrected chi connectivity index (χ0v) is 16.0. The quantitative estimate of drug-likeness (QED) is 0.606. The van der Waals surface area contributed by atoms with Crippen molar-refractivity contribution in [2.24, 2.45) is 0 Å². The van der Waals surface area contributed by atoms with Crippen LogP contribution >= 0.6 is 0 Å². The van der Waals surface area contributed by atoms with Crippen molar-refractivity contribution in [3.05, 3.63) is 65.7 Å². The lowest BCUT2D eigenvalue weighted by atomic mass is 9.92. The Kier molecular flexibility index (Phi) is 8.16. The highest BCUT2D eigenvalue weighted by molar-refractivity contribution is 5.78. The first-order chi connectivity index (χ1) is 12.7. The number of rotatable bonds is 10.